The Morgan fingerprint density at radius 3 is 2.28 bits per heavy atom. The van der Waals surface area contributed by atoms with Gasteiger partial charge in [-0.2, -0.15) is 0 Å². The summed E-state index contributed by atoms with van der Waals surface area (Å²) in [5.41, 5.74) is 4.05. The molecule has 0 spiro atoms. The number of aromatic nitrogens is 1. The Balaban J connectivity index is 1.33. The molecule has 0 bridgehead atoms. The fraction of sp³-hybridized carbons (Fsp3) is 0.240. The highest BCUT2D eigenvalue weighted by molar-refractivity contribution is 6.33. The highest BCUT2D eigenvalue weighted by atomic mass is 35.5. The number of anilines is 2. The van der Waals surface area contributed by atoms with Gasteiger partial charge >= 0.3 is 0 Å². The number of amides is 2. The van der Waals surface area contributed by atoms with E-state index in [9.17, 15) is 9.59 Å². The highest BCUT2D eigenvalue weighted by Crippen LogP contribution is 2.21. The minimum absolute atomic E-state index is 0.0828. The van der Waals surface area contributed by atoms with Gasteiger partial charge in [0.2, 0.25) is 0 Å². The minimum atomic E-state index is -0.296. The van der Waals surface area contributed by atoms with Gasteiger partial charge in [-0.15, -0.1) is 0 Å². The Morgan fingerprint density at radius 1 is 0.969 bits per heavy atom. The molecule has 2 heterocycles. The van der Waals surface area contributed by atoms with Gasteiger partial charge in [-0.3, -0.25) is 9.59 Å². The van der Waals surface area contributed by atoms with Crippen LogP contribution in [0.15, 0.2) is 66.9 Å². The quantitative estimate of drug-likeness (QED) is 0.583. The Labute approximate surface area is 192 Å². The van der Waals surface area contributed by atoms with Gasteiger partial charge in [0.25, 0.3) is 11.8 Å². The molecule has 0 radical (unpaired) electrons. The molecule has 1 aliphatic rings. The number of rotatable bonds is 5. The first-order valence-corrected chi connectivity index (χ1v) is 11.1. The monoisotopic (exact) mass is 448 g/mol. The molecule has 32 heavy (non-hydrogen) atoms. The second kappa shape index (κ2) is 9.83. The van der Waals surface area contributed by atoms with Crippen molar-refractivity contribution in [1.29, 1.82) is 0 Å². The molecule has 1 N–H and O–H groups in total. The molecule has 0 saturated carbocycles. The predicted octanol–water partition coefficient (Wildman–Crippen LogP) is 4.51. The summed E-state index contributed by atoms with van der Waals surface area (Å²) < 4.78 is 0. The summed E-state index contributed by atoms with van der Waals surface area (Å²) in [6.07, 6.45) is 2.51. The van der Waals surface area contributed by atoms with Crippen LogP contribution in [0.5, 0.6) is 0 Å². The summed E-state index contributed by atoms with van der Waals surface area (Å²) in [4.78, 5) is 33.3. The van der Waals surface area contributed by atoms with E-state index in [1.54, 1.807) is 18.3 Å². The molecular weight excluding hydrogens is 424 g/mol. The smallest absolute Gasteiger partial charge is 0.258 e. The van der Waals surface area contributed by atoms with E-state index >= 15 is 0 Å². The third-order valence-corrected chi connectivity index (χ3v) is 5.97. The van der Waals surface area contributed by atoms with Crippen molar-refractivity contribution in [3.05, 3.63) is 88.7 Å². The fourth-order valence-corrected chi connectivity index (χ4v) is 3.95. The summed E-state index contributed by atoms with van der Waals surface area (Å²) in [6, 6.07) is 18.9. The molecule has 1 aliphatic heterocycles. The first kappa shape index (κ1) is 21.8. The summed E-state index contributed by atoms with van der Waals surface area (Å²) in [5, 5.41) is 3.02. The largest absolute Gasteiger partial charge is 0.368 e. The maximum absolute atomic E-state index is 12.8. The number of carbonyl (C=O) groups excluding carboxylic acids is 2. The number of halogens is 1. The standard InChI is InChI=1S/C25H25ClN4O2/c1-2-18-5-7-19(8-6-18)25(32)30-16-14-29(15-17-30)21-11-9-20(10-12-21)28-24(31)22-4-3-13-27-23(22)26/h3-13H,2,14-17H2,1H3,(H,28,31). The zero-order valence-electron chi connectivity index (χ0n) is 17.9. The highest BCUT2D eigenvalue weighted by Gasteiger charge is 2.22. The van der Waals surface area contributed by atoms with E-state index in [1.165, 1.54) is 5.56 Å². The number of carbonyl (C=O) groups is 2. The van der Waals surface area contributed by atoms with E-state index in [4.69, 9.17) is 11.6 Å². The Kier molecular flexibility index (Phi) is 6.71. The van der Waals surface area contributed by atoms with Gasteiger partial charge in [0.1, 0.15) is 5.15 Å². The van der Waals surface area contributed by atoms with Crippen molar-refractivity contribution in [2.24, 2.45) is 0 Å². The molecule has 2 aromatic carbocycles. The van der Waals surface area contributed by atoms with Crippen LogP contribution in [0.1, 0.15) is 33.2 Å². The predicted molar refractivity (Wildman–Crippen MR) is 128 cm³/mol. The molecule has 4 rings (SSSR count). The van der Waals surface area contributed by atoms with Crippen LogP contribution < -0.4 is 10.2 Å². The lowest BCUT2D eigenvalue weighted by molar-refractivity contribution is 0.0746. The Morgan fingerprint density at radius 2 is 1.66 bits per heavy atom. The minimum Gasteiger partial charge on any atom is -0.368 e. The Hall–Kier alpha value is -3.38. The average molecular weight is 449 g/mol. The van der Waals surface area contributed by atoms with Crippen molar-refractivity contribution < 1.29 is 9.59 Å². The zero-order valence-corrected chi connectivity index (χ0v) is 18.7. The Bertz CT molecular complexity index is 1090. The number of piperazine rings is 1. The van der Waals surface area contributed by atoms with E-state index in [0.29, 0.717) is 24.3 Å². The van der Waals surface area contributed by atoms with Gasteiger partial charge in [0, 0.05) is 49.3 Å². The molecule has 1 fully saturated rings. The molecule has 0 atom stereocenters. The lowest BCUT2D eigenvalue weighted by Crippen LogP contribution is -2.48. The van der Waals surface area contributed by atoms with Crippen molar-refractivity contribution in [3.8, 4) is 0 Å². The average Bonchev–Trinajstić information content (AvgIpc) is 2.84. The maximum atomic E-state index is 12.8. The van der Waals surface area contributed by atoms with Crippen LogP contribution in [0.3, 0.4) is 0 Å². The van der Waals surface area contributed by atoms with Gasteiger partial charge in [0.05, 0.1) is 5.56 Å². The van der Waals surface area contributed by atoms with Gasteiger partial charge in [-0.25, -0.2) is 4.98 Å². The summed E-state index contributed by atoms with van der Waals surface area (Å²) >= 11 is 5.99. The molecule has 2 amide bonds. The lowest BCUT2D eigenvalue weighted by Gasteiger charge is -2.36. The van der Waals surface area contributed by atoms with Crippen LogP contribution in [0.25, 0.3) is 0 Å². The number of pyridine rings is 1. The first-order chi connectivity index (χ1) is 15.5. The van der Waals surface area contributed by atoms with Crippen LogP contribution in [-0.2, 0) is 6.42 Å². The van der Waals surface area contributed by atoms with E-state index in [1.807, 2.05) is 53.4 Å². The third kappa shape index (κ3) is 4.92. The second-order valence-corrected chi connectivity index (χ2v) is 8.03. The van der Waals surface area contributed by atoms with E-state index in [-0.39, 0.29) is 17.0 Å². The topological polar surface area (TPSA) is 65.5 Å². The van der Waals surface area contributed by atoms with Crippen LogP contribution in [0, 0.1) is 0 Å². The second-order valence-electron chi connectivity index (χ2n) is 7.67. The van der Waals surface area contributed by atoms with Crippen LogP contribution >= 0.6 is 11.6 Å². The van der Waals surface area contributed by atoms with E-state index < -0.39 is 0 Å². The van der Waals surface area contributed by atoms with Crippen molar-refractivity contribution in [3.63, 3.8) is 0 Å². The molecule has 7 heteroatoms. The number of nitrogens with one attached hydrogen (secondary N) is 1. The van der Waals surface area contributed by atoms with Crippen molar-refractivity contribution in [2.75, 3.05) is 36.4 Å². The number of nitrogens with zero attached hydrogens (tertiary/aromatic N) is 3. The molecule has 0 aliphatic carbocycles. The first-order valence-electron chi connectivity index (χ1n) is 10.7. The molecule has 164 valence electrons. The number of hydrogen-bond acceptors (Lipinski definition) is 4. The molecule has 3 aromatic rings. The van der Waals surface area contributed by atoms with Crippen molar-refractivity contribution in [2.45, 2.75) is 13.3 Å². The molecule has 1 saturated heterocycles. The SMILES string of the molecule is CCc1ccc(C(=O)N2CCN(c3ccc(NC(=O)c4cccnc4Cl)cc3)CC2)cc1. The number of benzene rings is 2. The normalized spacial score (nSPS) is 13.7. The molecular formula is C25H25ClN4O2. The van der Waals surface area contributed by atoms with Crippen LogP contribution in [-0.4, -0.2) is 47.9 Å². The van der Waals surface area contributed by atoms with Crippen LogP contribution in [0.2, 0.25) is 5.15 Å². The number of aryl methyl sites for hydroxylation is 1. The summed E-state index contributed by atoms with van der Waals surface area (Å²) in [5.74, 6) is -0.214. The van der Waals surface area contributed by atoms with E-state index in [0.717, 1.165) is 30.8 Å². The van der Waals surface area contributed by atoms with Gasteiger partial charge in [-0.1, -0.05) is 30.7 Å². The molecule has 6 nitrogen and oxygen atoms in total. The number of hydrogen-bond donors (Lipinski definition) is 1. The van der Waals surface area contributed by atoms with Gasteiger partial charge in [0.15, 0.2) is 0 Å². The molecule has 0 unspecified atom stereocenters. The fourth-order valence-electron chi connectivity index (χ4n) is 3.74. The van der Waals surface area contributed by atoms with Gasteiger partial charge in [-0.05, 0) is 60.5 Å². The lowest BCUT2D eigenvalue weighted by atomic mass is 10.1. The van der Waals surface area contributed by atoms with Crippen molar-refractivity contribution in [1.82, 2.24) is 9.88 Å². The third-order valence-electron chi connectivity index (χ3n) is 5.67. The zero-order chi connectivity index (χ0) is 22.5. The summed E-state index contributed by atoms with van der Waals surface area (Å²) in [7, 11) is 0. The molecule has 1 aromatic heterocycles. The maximum Gasteiger partial charge on any atom is 0.258 e. The van der Waals surface area contributed by atoms with Crippen molar-refractivity contribution >= 4 is 34.8 Å². The van der Waals surface area contributed by atoms with Gasteiger partial charge < -0.3 is 15.1 Å². The van der Waals surface area contributed by atoms with Crippen LogP contribution in [0.4, 0.5) is 11.4 Å². The summed E-state index contributed by atoms with van der Waals surface area (Å²) in [6.45, 7) is 4.97. The van der Waals surface area contributed by atoms with E-state index in [2.05, 4.69) is 22.1 Å².